The Morgan fingerprint density at radius 3 is 2.48 bits per heavy atom. The molecule has 1 aliphatic rings. The number of anilines is 2. The Labute approximate surface area is 133 Å². The van der Waals surface area contributed by atoms with Crippen LogP contribution in [0.25, 0.3) is 0 Å². The van der Waals surface area contributed by atoms with Crippen LogP contribution in [-0.2, 0) is 10.0 Å². The molecule has 0 aliphatic carbocycles. The Morgan fingerprint density at radius 1 is 1.13 bits per heavy atom. The predicted octanol–water partition coefficient (Wildman–Crippen LogP) is 2.62. The van der Waals surface area contributed by atoms with Crippen LogP contribution in [0.5, 0.6) is 0 Å². The van der Waals surface area contributed by atoms with E-state index in [0.29, 0.717) is 24.3 Å². The topological polar surface area (TPSA) is 66.5 Å². The highest BCUT2D eigenvalue weighted by Gasteiger charge is 2.28. The summed E-state index contributed by atoms with van der Waals surface area (Å²) in [4.78, 5) is 12.0. The van der Waals surface area contributed by atoms with Crippen molar-refractivity contribution in [1.82, 2.24) is 0 Å². The lowest BCUT2D eigenvalue weighted by Crippen LogP contribution is -2.24. The van der Waals surface area contributed by atoms with E-state index in [1.165, 1.54) is 22.5 Å². The SMILES string of the molecule is O=C(Nc1ccc(N2CCCS2(=O)=O)cc1)c1cccc(F)c1. The molecule has 0 spiro atoms. The highest BCUT2D eigenvalue weighted by molar-refractivity contribution is 7.93. The largest absolute Gasteiger partial charge is 0.322 e. The normalized spacial score (nSPS) is 16.3. The van der Waals surface area contributed by atoms with Crippen molar-refractivity contribution in [3.8, 4) is 0 Å². The van der Waals surface area contributed by atoms with E-state index < -0.39 is 21.7 Å². The molecular formula is C16H15FN2O3S. The highest BCUT2D eigenvalue weighted by atomic mass is 32.2. The zero-order valence-electron chi connectivity index (χ0n) is 12.2. The van der Waals surface area contributed by atoms with E-state index in [2.05, 4.69) is 5.32 Å². The van der Waals surface area contributed by atoms with Gasteiger partial charge in [0.05, 0.1) is 11.4 Å². The third kappa shape index (κ3) is 3.34. The third-order valence-corrected chi connectivity index (χ3v) is 5.47. The Kier molecular flexibility index (Phi) is 4.04. The van der Waals surface area contributed by atoms with E-state index in [9.17, 15) is 17.6 Å². The summed E-state index contributed by atoms with van der Waals surface area (Å²) in [5, 5.41) is 2.65. The number of hydrogen-bond acceptors (Lipinski definition) is 3. The van der Waals surface area contributed by atoms with E-state index in [0.717, 1.165) is 6.07 Å². The molecule has 0 bridgehead atoms. The minimum absolute atomic E-state index is 0.158. The first-order valence-corrected chi connectivity index (χ1v) is 8.74. The van der Waals surface area contributed by atoms with Gasteiger partial charge in [-0.2, -0.15) is 0 Å². The van der Waals surface area contributed by atoms with Crippen molar-refractivity contribution in [2.24, 2.45) is 0 Å². The van der Waals surface area contributed by atoms with Gasteiger partial charge < -0.3 is 5.32 Å². The van der Waals surface area contributed by atoms with Gasteiger partial charge in [0.25, 0.3) is 5.91 Å². The van der Waals surface area contributed by atoms with Crippen LogP contribution in [0.2, 0.25) is 0 Å². The number of hydrogen-bond donors (Lipinski definition) is 1. The van der Waals surface area contributed by atoms with Crippen LogP contribution in [0.3, 0.4) is 0 Å². The van der Waals surface area contributed by atoms with Crippen molar-refractivity contribution in [2.45, 2.75) is 6.42 Å². The molecule has 1 amide bonds. The maximum Gasteiger partial charge on any atom is 0.255 e. The average molecular weight is 334 g/mol. The van der Waals surface area contributed by atoms with Crippen molar-refractivity contribution in [2.75, 3.05) is 21.9 Å². The van der Waals surface area contributed by atoms with Crippen LogP contribution in [0.1, 0.15) is 16.8 Å². The van der Waals surface area contributed by atoms with Gasteiger partial charge in [0.1, 0.15) is 5.82 Å². The van der Waals surface area contributed by atoms with Gasteiger partial charge in [-0.05, 0) is 48.9 Å². The molecule has 7 heteroatoms. The summed E-state index contributed by atoms with van der Waals surface area (Å²) in [5.41, 5.74) is 1.31. The molecule has 0 radical (unpaired) electrons. The molecule has 3 rings (SSSR count). The number of amides is 1. The Bertz CT molecular complexity index is 835. The van der Waals surface area contributed by atoms with Gasteiger partial charge in [0.15, 0.2) is 0 Å². The molecule has 1 saturated heterocycles. The van der Waals surface area contributed by atoms with Gasteiger partial charge in [-0.25, -0.2) is 12.8 Å². The molecule has 23 heavy (non-hydrogen) atoms. The third-order valence-electron chi connectivity index (χ3n) is 3.60. The minimum atomic E-state index is -3.22. The maximum atomic E-state index is 13.1. The molecule has 1 aliphatic heterocycles. The number of carbonyl (C=O) groups excluding carboxylic acids is 1. The standard InChI is InChI=1S/C16H15FN2O3S/c17-13-4-1-3-12(11-13)16(20)18-14-5-7-15(8-6-14)19-9-2-10-23(19,21)22/h1,3-8,11H,2,9-10H2,(H,18,20). The summed E-state index contributed by atoms with van der Waals surface area (Å²) >= 11 is 0. The van der Waals surface area contributed by atoms with Crippen molar-refractivity contribution in [3.05, 3.63) is 59.9 Å². The summed E-state index contributed by atoms with van der Waals surface area (Å²) in [6.45, 7) is 0.470. The van der Waals surface area contributed by atoms with Gasteiger partial charge in [0, 0.05) is 17.8 Å². The average Bonchev–Trinajstić information content (AvgIpc) is 2.87. The molecule has 0 unspecified atom stereocenters. The molecule has 120 valence electrons. The second-order valence-electron chi connectivity index (χ2n) is 5.25. The summed E-state index contributed by atoms with van der Waals surface area (Å²) in [5.74, 6) is -0.747. The number of rotatable bonds is 3. The van der Waals surface area contributed by atoms with Crippen LogP contribution in [-0.4, -0.2) is 26.6 Å². The molecule has 5 nitrogen and oxygen atoms in total. The molecule has 1 N–H and O–H groups in total. The van der Waals surface area contributed by atoms with Gasteiger partial charge in [-0.1, -0.05) is 6.07 Å². The highest BCUT2D eigenvalue weighted by Crippen LogP contribution is 2.25. The van der Waals surface area contributed by atoms with Crippen LogP contribution in [0.15, 0.2) is 48.5 Å². The van der Waals surface area contributed by atoms with Crippen molar-refractivity contribution in [1.29, 1.82) is 0 Å². The zero-order chi connectivity index (χ0) is 16.4. The second kappa shape index (κ2) is 6.00. The zero-order valence-corrected chi connectivity index (χ0v) is 13.0. The van der Waals surface area contributed by atoms with E-state index in [-0.39, 0.29) is 11.3 Å². The first-order chi connectivity index (χ1) is 11.0. The molecule has 1 fully saturated rings. The van der Waals surface area contributed by atoms with Crippen LogP contribution in [0.4, 0.5) is 15.8 Å². The van der Waals surface area contributed by atoms with Crippen LogP contribution in [0, 0.1) is 5.82 Å². The number of sulfonamides is 1. The fourth-order valence-corrected chi connectivity index (χ4v) is 4.04. The van der Waals surface area contributed by atoms with Crippen molar-refractivity contribution < 1.29 is 17.6 Å². The molecule has 0 saturated carbocycles. The quantitative estimate of drug-likeness (QED) is 0.938. The monoisotopic (exact) mass is 334 g/mol. The summed E-state index contributed by atoms with van der Waals surface area (Å²) in [6, 6.07) is 11.9. The fraction of sp³-hybridized carbons (Fsp3) is 0.188. The number of benzene rings is 2. The first kappa shape index (κ1) is 15.5. The molecule has 1 heterocycles. The lowest BCUT2D eigenvalue weighted by atomic mass is 10.2. The lowest BCUT2D eigenvalue weighted by molar-refractivity contribution is 0.102. The van der Waals surface area contributed by atoms with Crippen molar-refractivity contribution in [3.63, 3.8) is 0 Å². The van der Waals surface area contributed by atoms with E-state index in [1.807, 2.05) is 0 Å². The Hall–Kier alpha value is -2.41. The predicted molar refractivity (Wildman–Crippen MR) is 86.5 cm³/mol. The van der Waals surface area contributed by atoms with E-state index >= 15 is 0 Å². The van der Waals surface area contributed by atoms with E-state index in [4.69, 9.17) is 0 Å². The number of nitrogens with one attached hydrogen (secondary N) is 1. The molecule has 2 aromatic rings. The van der Waals surface area contributed by atoms with Gasteiger partial charge >= 0.3 is 0 Å². The first-order valence-electron chi connectivity index (χ1n) is 7.13. The second-order valence-corrected chi connectivity index (χ2v) is 7.27. The fourth-order valence-electron chi connectivity index (χ4n) is 2.47. The van der Waals surface area contributed by atoms with Crippen LogP contribution >= 0.6 is 0 Å². The smallest absolute Gasteiger partial charge is 0.255 e. The van der Waals surface area contributed by atoms with Crippen molar-refractivity contribution >= 4 is 27.3 Å². The maximum absolute atomic E-state index is 13.1. The lowest BCUT2D eigenvalue weighted by Gasteiger charge is -2.17. The Balaban J connectivity index is 1.74. The number of nitrogens with zero attached hydrogens (tertiary/aromatic N) is 1. The molecule has 0 atom stereocenters. The molecule has 0 aromatic heterocycles. The minimum Gasteiger partial charge on any atom is -0.322 e. The van der Waals surface area contributed by atoms with Gasteiger partial charge in [0.2, 0.25) is 10.0 Å². The molecular weight excluding hydrogens is 319 g/mol. The Morgan fingerprint density at radius 2 is 1.87 bits per heavy atom. The van der Waals surface area contributed by atoms with Gasteiger partial charge in [-0.3, -0.25) is 9.10 Å². The summed E-state index contributed by atoms with van der Waals surface area (Å²) in [7, 11) is -3.22. The van der Waals surface area contributed by atoms with Gasteiger partial charge in [-0.15, -0.1) is 0 Å². The molecule has 2 aromatic carbocycles. The summed E-state index contributed by atoms with van der Waals surface area (Å²) in [6.07, 6.45) is 0.611. The number of halogens is 1. The van der Waals surface area contributed by atoms with Crippen LogP contribution < -0.4 is 9.62 Å². The van der Waals surface area contributed by atoms with E-state index in [1.54, 1.807) is 24.3 Å². The summed E-state index contributed by atoms with van der Waals surface area (Å²) < 4.78 is 38.2. The number of carbonyl (C=O) groups is 1.